The van der Waals surface area contributed by atoms with Gasteiger partial charge in [-0.25, -0.2) is 4.39 Å². The zero-order chi connectivity index (χ0) is 15.3. The van der Waals surface area contributed by atoms with E-state index in [-0.39, 0.29) is 11.9 Å². The van der Waals surface area contributed by atoms with Crippen molar-refractivity contribution in [3.8, 4) is 0 Å². The van der Waals surface area contributed by atoms with Crippen molar-refractivity contribution in [3.63, 3.8) is 0 Å². The number of rotatable bonds is 12. The molecule has 0 aliphatic carbocycles. The van der Waals surface area contributed by atoms with Gasteiger partial charge >= 0.3 is 0 Å². The van der Waals surface area contributed by atoms with Crippen LogP contribution in [0.25, 0.3) is 0 Å². The lowest BCUT2D eigenvalue weighted by Crippen LogP contribution is -2.14. The lowest BCUT2D eigenvalue weighted by molar-refractivity contribution is -0.0119. The van der Waals surface area contributed by atoms with Gasteiger partial charge < -0.3 is 18.9 Å². The summed E-state index contributed by atoms with van der Waals surface area (Å²) in [7, 11) is 1.63. The first-order chi connectivity index (χ1) is 10.3. The third-order valence-electron chi connectivity index (χ3n) is 2.74. The summed E-state index contributed by atoms with van der Waals surface area (Å²) in [6.45, 7) is 3.03. The Labute approximate surface area is 133 Å². The zero-order valence-corrected chi connectivity index (χ0v) is 13.8. The van der Waals surface area contributed by atoms with Gasteiger partial charge in [0.2, 0.25) is 0 Å². The van der Waals surface area contributed by atoms with Gasteiger partial charge in [-0.15, -0.1) is 0 Å². The third kappa shape index (κ3) is 7.87. The molecule has 1 aromatic rings. The molecule has 0 aliphatic rings. The summed E-state index contributed by atoms with van der Waals surface area (Å²) < 4.78 is 34.8. The van der Waals surface area contributed by atoms with Crippen molar-refractivity contribution in [2.24, 2.45) is 0 Å². The zero-order valence-electron chi connectivity index (χ0n) is 12.2. The number of methoxy groups -OCH3 is 1. The van der Waals surface area contributed by atoms with Crippen LogP contribution in [0.1, 0.15) is 11.7 Å². The molecule has 6 heteroatoms. The van der Waals surface area contributed by atoms with E-state index in [4.69, 9.17) is 18.9 Å². The van der Waals surface area contributed by atoms with Crippen LogP contribution >= 0.6 is 15.9 Å². The molecule has 0 saturated heterocycles. The van der Waals surface area contributed by atoms with E-state index in [0.29, 0.717) is 50.5 Å². The Balaban J connectivity index is 2.12. The fourth-order valence-electron chi connectivity index (χ4n) is 1.67. The normalized spacial score (nSPS) is 12.5. The number of benzene rings is 1. The summed E-state index contributed by atoms with van der Waals surface area (Å²) >= 11 is 3.34. The average Bonchev–Trinajstić information content (AvgIpc) is 2.50. The van der Waals surface area contributed by atoms with Gasteiger partial charge in [0.15, 0.2) is 0 Å². The van der Waals surface area contributed by atoms with Crippen LogP contribution in [0.15, 0.2) is 24.3 Å². The molecule has 1 unspecified atom stereocenters. The summed E-state index contributed by atoms with van der Waals surface area (Å²) in [5, 5.41) is 0.536. The highest BCUT2D eigenvalue weighted by molar-refractivity contribution is 9.09. The van der Waals surface area contributed by atoms with Gasteiger partial charge in [-0.1, -0.05) is 34.1 Å². The van der Waals surface area contributed by atoms with Crippen molar-refractivity contribution in [2.75, 3.05) is 52.1 Å². The molecule has 0 bridgehead atoms. The molecule has 4 nitrogen and oxygen atoms in total. The lowest BCUT2D eigenvalue weighted by Gasteiger charge is -2.16. The Morgan fingerprint density at radius 3 is 2.24 bits per heavy atom. The molecule has 1 rings (SSSR count). The predicted molar refractivity (Wildman–Crippen MR) is 82.4 cm³/mol. The van der Waals surface area contributed by atoms with Crippen molar-refractivity contribution in [1.29, 1.82) is 0 Å². The minimum atomic E-state index is -0.312. The molecule has 0 amide bonds. The second kappa shape index (κ2) is 12.1. The van der Waals surface area contributed by atoms with E-state index in [1.54, 1.807) is 25.3 Å². The first kappa shape index (κ1) is 18.5. The summed E-state index contributed by atoms with van der Waals surface area (Å²) in [5.41, 5.74) is 0.553. The predicted octanol–water partition coefficient (Wildman–Crippen LogP) is 2.96. The quantitative estimate of drug-likeness (QED) is 0.422. The summed E-state index contributed by atoms with van der Waals surface area (Å²) in [6.07, 6.45) is -0.312. The standard InChI is InChI=1S/C15H22BrFO4/c1-18-6-7-19-8-9-20-10-11-21-15(12-16)13-4-2-3-5-14(13)17/h2-5,15H,6-12H2,1H3. The smallest absolute Gasteiger partial charge is 0.129 e. The average molecular weight is 365 g/mol. The van der Waals surface area contributed by atoms with Crippen LogP contribution < -0.4 is 0 Å². The Morgan fingerprint density at radius 1 is 1.00 bits per heavy atom. The van der Waals surface area contributed by atoms with E-state index < -0.39 is 0 Å². The van der Waals surface area contributed by atoms with Crippen LogP contribution in [-0.4, -0.2) is 52.1 Å². The SMILES string of the molecule is COCCOCCOCCOC(CBr)c1ccccc1F. The number of hydrogen-bond acceptors (Lipinski definition) is 4. The highest BCUT2D eigenvalue weighted by atomic mass is 79.9. The molecule has 0 spiro atoms. The van der Waals surface area contributed by atoms with Gasteiger partial charge in [0, 0.05) is 18.0 Å². The summed E-state index contributed by atoms with van der Waals surface area (Å²) in [4.78, 5) is 0. The van der Waals surface area contributed by atoms with Gasteiger partial charge in [0.05, 0.1) is 45.7 Å². The molecule has 0 aromatic heterocycles. The Bertz CT molecular complexity index is 378. The second-order valence-corrected chi connectivity index (χ2v) is 4.90. The van der Waals surface area contributed by atoms with Crippen molar-refractivity contribution < 1.29 is 23.3 Å². The summed E-state index contributed by atoms with van der Waals surface area (Å²) in [6, 6.07) is 6.62. The van der Waals surface area contributed by atoms with Crippen molar-refractivity contribution in [3.05, 3.63) is 35.6 Å². The van der Waals surface area contributed by atoms with Crippen LogP contribution in [0, 0.1) is 5.82 Å². The van der Waals surface area contributed by atoms with Gasteiger partial charge in [-0.05, 0) is 6.07 Å². The number of ether oxygens (including phenoxy) is 4. The Kier molecular flexibility index (Phi) is 10.6. The molecule has 0 saturated carbocycles. The van der Waals surface area contributed by atoms with Gasteiger partial charge in [0.25, 0.3) is 0 Å². The second-order valence-electron chi connectivity index (χ2n) is 4.25. The van der Waals surface area contributed by atoms with Crippen LogP contribution in [-0.2, 0) is 18.9 Å². The fourth-order valence-corrected chi connectivity index (χ4v) is 2.20. The van der Waals surface area contributed by atoms with Crippen molar-refractivity contribution in [1.82, 2.24) is 0 Å². The fraction of sp³-hybridized carbons (Fsp3) is 0.600. The van der Waals surface area contributed by atoms with E-state index in [1.807, 2.05) is 0 Å². The monoisotopic (exact) mass is 364 g/mol. The number of halogens is 2. The number of hydrogen-bond donors (Lipinski definition) is 0. The van der Waals surface area contributed by atoms with E-state index in [0.717, 1.165) is 0 Å². The summed E-state index contributed by atoms with van der Waals surface area (Å²) in [5.74, 6) is -0.255. The van der Waals surface area contributed by atoms with E-state index in [2.05, 4.69) is 15.9 Å². The maximum absolute atomic E-state index is 13.6. The van der Waals surface area contributed by atoms with Gasteiger partial charge in [-0.2, -0.15) is 0 Å². The van der Waals surface area contributed by atoms with Crippen LogP contribution in [0.3, 0.4) is 0 Å². The van der Waals surface area contributed by atoms with E-state index in [9.17, 15) is 4.39 Å². The van der Waals surface area contributed by atoms with Crippen LogP contribution in [0.5, 0.6) is 0 Å². The third-order valence-corrected chi connectivity index (χ3v) is 3.33. The highest BCUT2D eigenvalue weighted by Gasteiger charge is 2.14. The number of alkyl halides is 1. The highest BCUT2D eigenvalue weighted by Crippen LogP contribution is 2.22. The van der Waals surface area contributed by atoms with Crippen molar-refractivity contribution >= 4 is 15.9 Å². The van der Waals surface area contributed by atoms with Crippen molar-refractivity contribution in [2.45, 2.75) is 6.10 Å². The van der Waals surface area contributed by atoms with Crippen LogP contribution in [0.2, 0.25) is 0 Å². The first-order valence-electron chi connectivity index (χ1n) is 6.86. The maximum Gasteiger partial charge on any atom is 0.129 e. The molecular weight excluding hydrogens is 343 g/mol. The molecule has 120 valence electrons. The molecule has 0 fully saturated rings. The maximum atomic E-state index is 13.6. The van der Waals surface area contributed by atoms with Gasteiger partial charge in [-0.3, -0.25) is 0 Å². The lowest BCUT2D eigenvalue weighted by atomic mass is 10.1. The van der Waals surface area contributed by atoms with Crippen LogP contribution in [0.4, 0.5) is 4.39 Å². The molecule has 1 atom stereocenters. The molecule has 0 N–H and O–H groups in total. The molecule has 0 heterocycles. The molecule has 1 aromatic carbocycles. The Morgan fingerprint density at radius 2 is 1.62 bits per heavy atom. The van der Waals surface area contributed by atoms with E-state index in [1.165, 1.54) is 6.07 Å². The molecule has 21 heavy (non-hydrogen) atoms. The largest absolute Gasteiger partial charge is 0.382 e. The van der Waals surface area contributed by atoms with Gasteiger partial charge in [0.1, 0.15) is 5.82 Å². The topological polar surface area (TPSA) is 36.9 Å². The molecule has 0 aliphatic heterocycles. The molecule has 0 radical (unpaired) electrons. The minimum Gasteiger partial charge on any atom is -0.382 e. The first-order valence-corrected chi connectivity index (χ1v) is 7.98. The van der Waals surface area contributed by atoms with E-state index >= 15 is 0 Å². The molecular formula is C15H22BrFO4. The Hall–Kier alpha value is -0.530. The minimum absolute atomic E-state index is 0.255.